The summed E-state index contributed by atoms with van der Waals surface area (Å²) in [7, 11) is 0. The maximum absolute atomic E-state index is 12.6. The number of rotatable bonds is 2. The first-order valence-corrected chi connectivity index (χ1v) is 7.23. The van der Waals surface area contributed by atoms with Gasteiger partial charge in [0.25, 0.3) is 5.91 Å². The Morgan fingerprint density at radius 2 is 2.14 bits per heavy atom. The van der Waals surface area contributed by atoms with Gasteiger partial charge in [-0.1, -0.05) is 0 Å². The topological polar surface area (TPSA) is 63.9 Å². The molecule has 1 aliphatic heterocycles. The predicted molar refractivity (Wildman–Crippen MR) is 77.9 cm³/mol. The Morgan fingerprint density at radius 1 is 1.29 bits per heavy atom. The first-order chi connectivity index (χ1) is 10.1. The maximum Gasteiger partial charge on any atom is 0.272 e. The van der Waals surface area contributed by atoms with Gasteiger partial charge in [-0.2, -0.15) is 0 Å². The van der Waals surface area contributed by atoms with Crippen LogP contribution >= 0.6 is 0 Å². The van der Waals surface area contributed by atoms with Crippen LogP contribution < -0.4 is 0 Å². The van der Waals surface area contributed by atoms with E-state index in [9.17, 15) is 4.79 Å². The van der Waals surface area contributed by atoms with E-state index in [4.69, 9.17) is 0 Å². The minimum atomic E-state index is -0.0111. The van der Waals surface area contributed by atoms with Crippen molar-refractivity contribution in [2.45, 2.75) is 32.7 Å². The minimum Gasteiger partial charge on any atom is -0.335 e. The first-order valence-electron chi connectivity index (χ1n) is 7.23. The summed E-state index contributed by atoms with van der Waals surface area (Å²) in [5.41, 5.74) is 0.477. The van der Waals surface area contributed by atoms with E-state index >= 15 is 0 Å². The van der Waals surface area contributed by atoms with Crippen LogP contribution in [0.2, 0.25) is 0 Å². The van der Waals surface area contributed by atoms with Crippen LogP contribution in [-0.4, -0.2) is 43.4 Å². The van der Waals surface area contributed by atoms with Crippen molar-refractivity contribution in [1.29, 1.82) is 0 Å². The molecule has 2 aromatic rings. The Bertz CT molecular complexity index is 651. The fraction of sp³-hybridized carbons (Fsp3) is 0.467. The van der Waals surface area contributed by atoms with Crippen LogP contribution in [0.4, 0.5) is 0 Å². The molecular formula is C15H19N5O. The molecule has 0 aliphatic carbocycles. The molecule has 1 saturated heterocycles. The van der Waals surface area contributed by atoms with Crippen molar-refractivity contribution in [2.24, 2.45) is 0 Å². The third kappa shape index (κ3) is 2.79. The smallest absolute Gasteiger partial charge is 0.272 e. The van der Waals surface area contributed by atoms with Gasteiger partial charge in [0, 0.05) is 31.7 Å². The van der Waals surface area contributed by atoms with E-state index in [1.165, 1.54) is 0 Å². The summed E-state index contributed by atoms with van der Waals surface area (Å²) in [6.45, 7) is 5.28. The van der Waals surface area contributed by atoms with E-state index in [1.54, 1.807) is 19.2 Å². The molecule has 3 rings (SSSR count). The fourth-order valence-corrected chi connectivity index (χ4v) is 2.88. The van der Waals surface area contributed by atoms with Gasteiger partial charge in [0.2, 0.25) is 0 Å². The number of piperidine rings is 1. The van der Waals surface area contributed by atoms with Gasteiger partial charge in [-0.05, 0) is 32.8 Å². The van der Waals surface area contributed by atoms with Crippen LogP contribution in [0, 0.1) is 13.8 Å². The average Bonchev–Trinajstić information content (AvgIpc) is 2.93. The minimum absolute atomic E-state index is 0.0111. The van der Waals surface area contributed by atoms with Gasteiger partial charge in [0.05, 0.1) is 6.04 Å². The van der Waals surface area contributed by atoms with Crippen molar-refractivity contribution in [1.82, 2.24) is 24.4 Å². The molecule has 1 aliphatic rings. The predicted octanol–water partition coefficient (Wildman–Crippen LogP) is 1.77. The summed E-state index contributed by atoms with van der Waals surface area (Å²) < 4.78 is 2.16. The van der Waals surface area contributed by atoms with Crippen LogP contribution in [0.15, 0.2) is 24.7 Å². The van der Waals surface area contributed by atoms with Gasteiger partial charge in [-0.15, -0.1) is 0 Å². The molecule has 6 heteroatoms. The summed E-state index contributed by atoms with van der Waals surface area (Å²) in [5.74, 6) is 1.61. The number of aryl methyl sites for hydroxylation is 2. The molecule has 1 unspecified atom stereocenters. The number of nitrogens with zero attached hydrogens (tertiary/aromatic N) is 5. The monoisotopic (exact) mass is 285 g/mol. The molecule has 0 radical (unpaired) electrons. The Morgan fingerprint density at radius 3 is 2.86 bits per heavy atom. The Kier molecular flexibility index (Phi) is 3.68. The molecule has 0 N–H and O–H groups in total. The van der Waals surface area contributed by atoms with Crippen LogP contribution in [-0.2, 0) is 0 Å². The molecule has 0 aromatic carbocycles. The zero-order chi connectivity index (χ0) is 14.8. The summed E-state index contributed by atoms with van der Waals surface area (Å²) in [5, 5.41) is 0. The number of hydrogen-bond donors (Lipinski definition) is 0. The van der Waals surface area contributed by atoms with E-state index in [0.717, 1.165) is 25.2 Å². The number of imidazole rings is 1. The fourth-order valence-electron chi connectivity index (χ4n) is 2.88. The van der Waals surface area contributed by atoms with E-state index in [-0.39, 0.29) is 5.91 Å². The molecule has 2 aromatic heterocycles. The molecule has 21 heavy (non-hydrogen) atoms. The molecule has 0 spiro atoms. The second-order valence-corrected chi connectivity index (χ2v) is 5.42. The van der Waals surface area contributed by atoms with E-state index in [2.05, 4.69) is 19.5 Å². The van der Waals surface area contributed by atoms with Gasteiger partial charge in [-0.25, -0.2) is 15.0 Å². The molecule has 6 nitrogen and oxygen atoms in total. The van der Waals surface area contributed by atoms with Gasteiger partial charge in [-0.3, -0.25) is 4.79 Å². The van der Waals surface area contributed by atoms with Gasteiger partial charge in [0.1, 0.15) is 17.3 Å². The molecule has 0 bridgehead atoms. The normalized spacial score (nSPS) is 18.8. The highest BCUT2D eigenvalue weighted by Gasteiger charge is 2.26. The number of hydrogen-bond acceptors (Lipinski definition) is 4. The van der Waals surface area contributed by atoms with Crippen LogP contribution in [0.5, 0.6) is 0 Å². The number of aromatic nitrogens is 4. The summed E-state index contributed by atoms with van der Waals surface area (Å²) in [6.07, 6.45) is 7.51. The molecule has 1 fully saturated rings. The Hall–Kier alpha value is -2.24. The molecule has 110 valence electrons. The van der Waals surface area contributed by atoms with Crippen LogP contribution in [0.25, 0.3) is 0 Å². The van der Waals surface area contributed by atoms with Gasteiger partial charge in [0.15, 0.2) is 0 Å². The second-order valence-electron chi connectivity index (χ2n) is 5.42. The van der Waals surface area contributed by atoms with Crippen molar-refractivity contribution in [3.8, 4) is 0 Å². The van der Waals surface area contributed by atoms with Gasteiger partial charge < -0.3 is 9.47 Å². The summed E-state index contributed by atoms with van der Waals surface area (Å²) in [6, 6.07) is 1.98. The van der Waals surface area contributed by atoms with Crippen molar-refractivity contribution in [3.63, 3.8) is 0 Å². The number of likely N-dealkylation sites (tertiary alicyclic amines) is 1. The molecular weight excluding hydrogens is 266 g/mol. The number of amides is 1. The lowest BCUT2D eigenvalue weighted by atomic mass is 10.0. The SMILES string of the molecule is Cc1nccc(C(=O)N2CCCC(n3ccnc3C)C2)n1. The maximum atomic E-state index is 12.6. The molecule has 3 heterocycles. The lowest BCUT2D eigenvalue weighted by molar-refractivity contribution is 0.0672. The van der Waals surface area contributed by atoms with Gasteiger partial charge >= 0.3 is 0 Å². The average molecular weight is 285 g/mol. The van der Waals surface area contributed by atoms with Crippen molar-refractivity contribution < 1.29 is 4.79 Å². The third-order valence-electron chi connectivity index (χ3n) is 3.93. The molecule has 0 saturated carbocycles. The summed E-state index contributed by atoms with van der Waals surface area (Å²) >= 11 is 0. The highest BCUT2D eigenvalue weighted by Crippen LogP contribution is 2.23. The van der Waals surface area contributed by atoms with Crippen LogP contribution in [0.1, 0.15) is 41.0 Å². The highest BCUT2D eigenvalue weighted by atomic mass is 16.2. The standard InChI is InChI=1S/C15H19N5O/c1-11-16-6-5-14(18-11)15(21)19-8-3-4-13(10-19)20-9-7-17-12(20)2/h5-7,9,13H,3-4,8,10H2,1-2H3. The van der Waals surface area contributed by atoms with Crippen molar-refractivity contribution in [2.75, 3.05) is 13.1 Å². The molecule has 1 amide bonds. The van der Waals surface area contributed by atoms with E-state index < -0.39 is 0 Å². The third-order valence-corrected chi connectivity index (χ3v) is 3.93. The zero-order valence-electron chi connectivity index (χ0n) is 12.4. The number of carbonyl (C=O) groups is 1. The number of carbonyl (C=O) groups excluding carboxylic acids is 1. The Balaban J connectivity index is 1.77. The van der Waals surface area contributed by atoms with Crippen molar-refractivity contribution >= 4 is 5.91 Å². The summed E-state index contributed by atoms with van der Waals surface area (Å²) in [4.78, 5) is 27.0. The van der Waals surface area contributed by atoms with Crippen molar-refractivity contribution in [3.05, 3.63) is 42.0 Å². The molecule has 1 atom stereocenters. The van der Waals surface area contributed by atoms with E-state index in [1.807, 2.05) is 24.2 Å². The first kappa shape index (κ1) is 13.7. The highest BCUT2D eigenvalue weighted by molar-refractivity contribution is 5.92. The Labute approximate surface area is 123 Å². The quantitative estimate of drug-likeness (QED) is 0.843. The lowest BCUT2D eigenvalue weighted by Gasteiger charge is -2.33. The van der Waals surface area contributed by atoms with Crippen LogP contribution in [0.3, 0.4) is 0 Å². The van der Waals surface area contributed by atoms with E-state index in [0.29, 0.717) is 24.1 Å². The second kappa shape index (κ2) is 5.63. The zero-order valence-corrected chi connectivity index (χ0v) is 12.4. The largest absolute Gasteiger partial charge is 0.335 e. The lowest BCUT2D eigenvalue weighted by Crippen LogP contribution is -2.41.